The Morgan fingerprint density at radius 3 is 2.71 bits per heavy atom. The highest BCUT2D eigenvalue weighted by molar-refractivity contribution is 5.75. The van der Waals surface area contributed by atoms with E-state index in [0.717, 1.165) is 0 Å². The minimum Gasteiger partial charge on any atom is -0.502 e. The van der Waals surface area contributed by atoms with E-state index in [2.05, 4.69) is 0 Å². The summed E-state index contributed by atoms with van der Waals surface area (Å²) in [5.74, 6) is -1.21. The summed E-state index contributed by atoms with van der Waals surface area (Å²) in [6.07, 6.45) is 3.47. The number of nitrogens with zero attached hydrogens (tertiary/aromatic N) is 1. The molecule has 0 heterocycles. The van der Waals surface area contributed by atoms with Crippen molar-refractivity contribution in [1.29, 1.82) is 5.26 Å². The third-order valence-electron chi connectivity index (χ3n) is 1.46. The van der Waals surface area contributed by atoms with Crippen LogP contribution < -0.4 is 0 Å². The summed E-state index contributed by atoms with van der Waals surface area (Å²) >= 11 is 0. The van der Waals surface area contributed by atoms with E-state index in [0.29, 0.717) is 19.6 Å². The van der Waals surface area contributed by atoms with Gasteiger partial charge in [-0.25, -0.2) is 0 Å². The van der Waals surface area contributed by atoms with Gasteiger partial charge in [-0.3, -0.25) is 4.79 Å². The molecule has 0 aromatic carbocycles. The summed E-state index contributed by atoms with van der Waals surface area (Å²) in [7, 11) is 0. The van der Waals surface area contributed by atoms with Crippen molar-refractivity contribution in [3.05, 3.63) is 12.3 Å². The molecule has 0 radical (unpaired) electrons. The third kappa shape index (κ3) is 5.20. The largest absolute Gasteiger partial charge is 0.502 e. The summed E-state index contributed by atoms with van der Waals surface area (Å²) in [5.41, 5.74) is 0. The Morgan fingerprint density at radius 2 is 2.21 bits per heavy atom. The lowest BCUT2D eigenvalue weighted by Crippen LogP contribution is -2.15. The van der Waals surface area contributed by atoms with Crippen molar-refractivity contribution >= 4 is 5.97 Å². The first-order valence-corrected chi connectivity index (χ1v) is 4.59. The first-order valence-electron chi connectivity index (χ1n) is 4.59. The van der Waals surface area contributed by atoms with E-state index in [1.54, 1.807) is 13.0 Å². The average Bonchev–Trinajstić information content (AvgIpc) is 2.18. The zero-order chi connectivity index (χ0) is 10.8. The zero-order valence-corrected chi connectivity index (χ0v) is 8.53. The second-order valence-electron chi connectivity index (χ2n) is 2.50. The topological polar surface area (TPSA) is 59.3 Å². The first kappa shape index (κ1) is 12.5. The predicted octanol–water partition coefficient (Wildman–Crippen LogP) is 1.63. The van der Waals surface area contributed by atoms with E-state index in [9.17, 15) is 4.79 Å². The van der Waals surface area contributed by atoms with Gasteiger partial charge in [0.05, 0.1) is 25.5 Å². The van der Waals surface area contributed by atoms with Crippen molar-refractivity contribution in [3.8, 4) is 6.07 Å². The molecule has 0 aromatic rings. The summed E-state index contributed by atoms with van der Waals surface area (Å²) in [5, 5.41) is 8.65. The van der Waals surface area contributed by atoms with Gasteiger partial charge in [0, 0.05) is 0 Å². The second-order valence-corrected chi connectivity index (χ2v) is 2.50. The summed E-state index contributed by atoms with van der Waals surface area (Å²) in [6.45, 7) is 4.44. The molecule has 0 aliphatic rings. The van der Waals surface area contributed by atoms with Gasteiger partial charge in [-0.1, -0.05) is 0 Å². The molecule has 0 aromatic heterocycles. The number of ether oxygens (including phenoxy) is 2. The highest BCUT2D eigenvalue weighted by Gasteiger charge is 2.16. The van der Waals surface area contributed by atoms with Gasteiger partial charge in [0.1, 0.15) is 5.92 Å². The van der Waals surface area contributed by atoms with E-state index >= 15 is 0 Å². The molecule has 0 spiro atoms. The number of nitriles is 1. The van der Waals surface area contributed by atoms with Gasteiger partial charge >= 0.3 is 5.97 Å². The third-order valence-corrected chi connectivity index (χ3v) is 1.46. The molecular weight excluding hydrogens is 182 g/mol. The van der Waals surface area contributed by atoms with Crippen molar-refractivity contribution in [1.82, 2.24) is 0 Å². The van der Waals surface area contributed by atoms with Crippen molar-refractivity contribution in [2.75, 3.05) is 13.2 Å². The van der Waals surface area contributed by atoms with Crippen LogP contribution in [0, 0.1) is 17.2 Å². The second kappa shape index (κ2) is 8.11. The van der Waals surface area contributed by atoms with Gasteiger partial charge in [-0.05, 0) is 26.3 Å². The fraction of sp³-hybridized carbons (Fsp3) is 0.600. The lowest BCUT2D eigenvalue weighted by molar-refractivity contribution is -0.145. The molecule has 4 heteroatoms. The Balaban J connectivity index is 3.92. The van der Waals surface area contributed by atoms with Crippen molar-refractivity contribution in [2.24, 2.45) is 5.92 Å². The molecule has 0 aliphatic heterocycles. The van der Waals surface area contributed by atoms with Gasteiger partial charge < -0.3 is 9.47 Å². The number of carbonyl (C=O) groups is 1. The van der Waals surface area contributed by atoms with Crippen molar-refractivity contribution in [2.45, 2.75) is 20.3 Å². The van der Waals surface area contributed by atoms with Crippen LogP contribution in [0.15, 0.2) is 12.3 Å². The van der Waals surface area contributed by atoms with Crippen LogP contribution >= 0.6 is 0 Å². The number of hydrogen-bond donors (Lipinski definition) is 0. The van der Waals surface area contributed by atoms with Crippen LogP contribution in [0.4, 0.5) is 0 Å². The van der Waals surface area contributed by atoms with Gasteiger partial charge in [0.2, 0.25) is 0 Å². The van der Waals surface area contributed by atoms with Crippen LogP contribution in [0.3, 0.4) is 0 Å². The molecule has 14 heavy (non-hydrogen) atoms. The number of allylic oxidation sites excluding steroid dienone is 1. The smallest absolute Gasteiger partial charge is 0.323 e. The molecule has 0 saturated carbocycles. The average molecular weight is 197 g/mol. The normalized spacial score (nSPS) is 12.1. The summed E-state index contributed by atoms with van der Waals surface area (Å²) < 4.78 is 9.64. The highest BCUT2D eigenvalue weighted by Crippen LogP contribution is 2.05. The fourth-order valence-corrected chi connectivity index (χ4v) is 0.800. The van der Waals surface area contributed by atoms with Gasteiger partial charge in [-0.2, -0.15) is 5.26 Å². The zero-order valence-electron chi connectivity index (χ0n) is 8.53. The Bertz CT molecular complexity index is 230. The monoisotopic (exact) mass is 197 g/mol. The molecule has 78 valence electrons. The molecule has 0 saturated heterocycles. The van der Waals surface area contributed by atoms with Gasteiger partial charge in [0.15, 0.2) is 0 Å². The minimum atomic E-state index is -0.730. The van der Waals surface area contributed by atoms with Gasteiger partial charge in [0.25, 0.3) is 0 Å². The molecular formula is C10H15NO3. The molecule has 0 aliphatic carbocycles. The van der Waals surface area contributed by atoms with Crippen LogP contribution in [0.5, 0.6) is 0 Å². The maximum absolute atomic E-state index is 11.1. The van der Waals surface area contributed by atoms with Crippen molar-refractivity contribution < 1.29 is 14.3 Å². The number of rotatable bonds is 6. The quantitative estimate of drug-likeness (QED) is 0.479. The van der Waals surface area contributed by atoms with Crippen LogP contribution in [0.25, 0.3) is 0 Å². The summed E-state index contributed by atoms with van der Waals surface area (Å²) in [4.78, 5) is 11.1. The molecule has 0 N–H and O–H groups in total. The van der Waals surface area contributed by atoms with E-state index in [-0.39, 0.29) is 0 Å². The summed E-state index contributed by atoms with van der Waals surface area (Å²) in [6, 6.07) is 1.88. The van der Waals surface area contributed by atoms with Gasteiger partial charge in [-0.15, -0.1) is 0 Å². The number of carbonyl (C=O) groups excluding carboxylic acids is 1. The van der Waals surface area contributed by atoms with E-state index in [1.165, 1.54) is 6.26 Å². The van der Waals surface area contributed by atoms with Crippen LogP contribution in [-0.4, -0.2) is 19.2 Å². The Labute approximate surface area is 84.1 Å². The lowest BCUT2D eigenvalue weighted by atomic mass is 10.1. The number of hydrogen-bond acceptors (Lipinski definition) is 4. The minimum absolute atomic E-state index is 0.298. The Kier molecular flexibility index (Phi) is 7.24. The standard InChI is InChI=1S/C10H15NO3/c1-3-13-7-5-6-9(8-11)10(12)14-4-2/h5,7,9H,3-4,6H2,1-2H3. The fourth-order valence-electron chi connectivity index (χ4n) is 0.800. The molecule has 0 fully saturated rings. The maximum Gasteiger partial charge on any atom is 0.323 e. The molecule has 4 nitrogen and oxygen atoms in total. The van der Waals surface area contributed by atoms with Crippen molar-refractivity contribution in [3.63, 3.8) is 0 Å². The molecule has 0 rings (SSSR count). The first-order chi connectivity index (χ1) is 6.76. The Hall–Kier alpha value is -1.50. The van der Waals surface area contributed by atoms with Crippen LogP contribution in [0.2, 0.25) is 0 Å². The number of esters is 1. The van der Waals surface area contributed by atoms with E-state index < -0.39 is 11.9 Å². The predicted molar refractivity (Wildman–Crippen MR) is 51.1 cm³/mol. The lowest BCUT2D eigenvalue weighted by Gasteiger charge is -2.04. The van der Waals surface area contributed by atoms with Crippen LogP contribution in [-0.2, 0) is 14.3 Å². The maximum atomic E-state index is 11.1. The molecule has 0 bridgehead atoms. The molecule has 0 amide bonds. The van der Waals surface area contributed by atoms with Crippen LogP contribution in [0.1, 0.15) is 20.3 Å². The molecule has 1 unspecified atom stereocenters. The van der Waals surface area contributed by atoms with E-state index in [1.807, 2.05) is 13.0 Å². The van der Waals surface area contributed by atoms with E-state index in [4.69, 9.17) is 14.7 Å². The highest BCUT2D eigenvalue weighted by atomic mass is 16.5. The SMILES string of the molecule is CCOC=CCC(C#N)C(=O)OCC. The molecule has 1 atom stereocenters. The Morgan fingerprint density at radius 1 is 1.50 bits per heavy atom.